The molecule has 5 heteroatoms. The molecule has 104 valence electrons. The molecule has 2 rings (SSSR count). The Balaban J connectivity index is 1.76. The number of amides is 1. The van der Waals surface area contributed by atoms with Crippen LogP contribution < -0.4 is 10.1 Å². The number of pyridine rings is 1. The number of nitrogens with one attached hydrogen (secondary N) is 1. The molecule has 2 aromatic rings. The van der Waals surface area contributed by atoms with Gasteiger partial charge >= 0.3 is 0 Å². The fraction of sp³-hybridized carbons (Fsp3) is 0.200. The summed E-state index contributed by atoms with van der Waals surface area (Å²) in [4.78, 5) is 15.7. The lowest BCUT2D eigenvalue weighted by atomic mass is 10.3. The van der Waals surface area contributed by atoms with E-state index >= 15 is 0 Å². The molecular weight excluding hydrogens is 259 g/mol. The molecule has 0 spiro atoms. The number of hydrogen-bond acceptors (Lipinski definition) is 3. The molecule has 1 aromatic heterocycles. The normalized spacial score (nSPS) is 10.1. The van der Waals surface area contributed by atoms with Crippen LogP contribution in [0.5, 0.6) is 5.75 Å². The SMILES string of the molecule is Cc1cc(NC(=O)CCOc2ccc(F)cc2)ccn1. The predicted molar refractivity (Wildman–Crippen MR) is 74.1 cm³/mol. The molecule has 0 bridgehead atoms. The summed E-state index contributed by atoms with van der Waals surface area (Å²) in [5, 5.41) is 2.76. The van der Waals surface area contributed by atoms with Crippen LogP contribution in [0.25, 0.3) is 0 Å². The Hall–Kier alpha value is -2.43. The highest BCUT2D eigenvalue weighted by Gasteiger charge is 2.03. The summed E-state index contributed by atoms with van der Waals surface area (Å²) in [5.74, 6) is 0.0832. The standard InChI is InChI=1S/C15H15FN2O2/c1-11-10-13(6-8-17-11)18-15(19)7-9-20-14-4-2-12(16)3-5-14/h2-6,8,10H,7,9H2,1H3,(H,17,18,19). The highest BCUT2D eigenvalue weighted by Crippen LogP contribution is 2.12. The number of benzene rings is 1. The molecule has 0 fully saturated rings. The molecule has 1 aromatic carbocycles. The number of anilines is 1. The zero-order valence-electron chi connectivity index (χ0n) is 11.1. The minimum absolute atomic E-state index is 0.141. The van der Waals surface area contributed by atoms with Crippen LogP contribution in [0, 0.1) is 12.7 Å². The van der Waals surface area contributed by atoms with E-state index in [1.807, 2.05) is 6.92 Å². The third-order valence-corrected chi connectivity index (χ3v) is 2.59. The summed E-state index contributed by atoms with van der Waals surface area (Å²) in [6.07, 6.45) is 1.86. The first-order valence-electron chi connectivity index (χ1n) is 6.24. The average Bonchev–Trinajstić information content (AvgIpc) is 2.41. The van der Waals surface area contributed by atoms with Crippen LogP contribution in [0.4, 0.5) is 10.1 Å². The topological polar surface area (TPSA) is 51.2 Å². The van der Waals surface area contributed by atoms with Crippen LogP contribution in [0.3, 0.4) is 0 Å². The molecule has 0 radical (unpaired) electrons. The van der Waals surface area contributed by atoms with Crippen LogP contribution in [0.1, 0.15) is 12.1 Å². The molecule has 1 heterocycles. The van der Waals surface area contributed by atoms with Crippen LogP contribution in [0.2, 0.25) is 0 Å². The monoisotopic (exact) mass is 274 g/mol. The van der Waals surface area contributed by atoms with E-state index in [0.29, 0.717) is 11.4 Å². The lowest BCUT2D eigenvalue weighted by molar-refractivity contribution is -0.116. The minimum atomic E-state index is -0.317. The van der Waals surface area contributed by atoms with Gasteiger partial charge in [0.25, 0.3) is 0 Å². The highest BCUT2D eigenvalue weighted by atomic mass is 19.1. The molecule has 0 unspecified atom stereocenters. The first kappa shape index (κ1) is 14.0. The van der Waals surface area contributed by atoms with Crippen molar-refractivity contribution in [3.8, 4) is 5.75 Å². The van der Waals surface area contributed by atoms with Crippen molar-refractivity contribution in [2.24, 2.45) is 0 Å². The molecule has 1 N–H and O–H groups in total. The van der Waals surface area contributed by atoms with E-state index in [4.69, 9.17) is 4.74 Å². The van der Waals surface area contributed by atoms with Gasteiger partial charge in [0.05, 0.1) is 13.0 Å². The highest BCUT2D eigenvalue weighted by molar-refractivity contribution is 5.90. The quantitative estimate of drug-likeness (QED) is 0.912. The summed E-state index contributed by atoms with van der Waals surface area (Å²) in [7, 11) is 0. The Morgan fingerprint density at radius 1 is 1.30 bits per heavy atom. The van der Waals surface area contributed by atoms with Gasteiger partial charge in [0.15, 0.2) is 0 Å². The van der Waals surface area contributed by atoms with Crippen LogP contribution >= 0.6 is 0 Å². The van der Waals surface area contributed by atoms with Crippen molar-refractivity contribution in [1.82, 2.24) is 4.98 Å². The second-order valence-electron chi connectivity index (χ2n) is 4.29. The number of aryl methyl sites for hydroxylation is 1. The second kappa shape index (κ2) is 6.65. The van der Waals surface area contributed by atoms with Gasteiger partial charge in [-0.3, -0.25) is 9.78 Å². The van der Waals surface area contributed by atoms with Crippen LogP contribution in [-0.4, -0.2) is 17.5 Å². The molecule has 20 heavy (non-hydrogen) atoms. The molecule has 0 atom stereocenters. The fourth-order valence-corrected chi connectivity index (χ4v) is 1.64. The average molecular weight is 274 g/mol. The Bertz CT molecular complexity index is 585. The molecular formula is C15H15FN2O2. The number of rotatable bonds is 5. The Morgan fingerprint density at radius 2 is 2.05 bits per heavy atom. The van der Waals surface area contributed by atoms with Crippen LogP contribution in [0.15, 0.2) is 42.6 Å². The van der Waals surface area contributed by atoms with Gasteiger partial charge in [-0.1, -0.05) is 0 Å². The van der Waals surface area contributed by atoms with Crippen molar-refractivity contribution in [2.75, 3.05) is 11.9 Å². The number of halogens is 1. The van der Waals surface area contributed by atoms with E-state index in [1.54, 1.807) is 18.3 Å². The van der Waals surface area contributed by atoms with Crippen molar-refractivity contribution in [3.63, 3.8) is 0 Å². The third kappa shape index (κ3) is 4.35. The van der Waals surface area contributed by atoms with Gasteiger partial charge in [-0.05, 0) is 43.3 Å². The first-order valence-corrected chi connectivity index (χ1v) is 6.24. The number of ether oxygens (including phenoxy) is 1. The van der Waals surface area contributed by atoms with E-state index in [-0.39, 0.29) is 24.8 Å². The third-order valence-electron chi connectivity index (χ3n) is 2.59. The molecule has 0 aliphatic rings. The predicted octanol–water partition coefficient (Wildman–Crippen LogP) is 2.94. The molecule has 1 amide bonds. The number of nitrogens with zero attached hydrogens (tertiary/aromatic N) is 1. The molecule has 0 saturated carbocycles. The maximum atomic E-state index is 12.7. The summed E-state index contributed by atoms with van der Waals surface area (Å²) in [5.41, 5.74) is 1.55. The lowest BCUT2D eigenvalue weighted by Crippen LogP contribution is -2.15. The van der Waals surface area contributed by atoms with Crippen molar-refractivity contribution in [1.29, 1.82) is 0 Å². The van der Waals surface area contributed by atoms with Gasteiger partial charge in [0, 0.05) is 17.6 Å². The van der Waals surface area contributed by atoms with Crippen molar-refractivity contribution in [3.05, 3.63) is 54.1 Å². The molecule has 0 aliphatic carbocycles. The maximum Gasteiger partial charge on any atom is 0.227 e. The smallest absolute Gasteiger partial charge is 0.227 e. The zero-order chi connectivity index (χ0) is 14.4. The van der Waals surface area contributed by atoms with Crippen molar-refractivity contribution >= 4 is 11.6 Å². The second-order valence-corrected chi connectivity index (χ2v) is 4.29. The number of hydrogen-bond donors (Lipinski definition) is 1. The fourth-order valence-electron chi connectivity index (χ4n) is 1.64. The zero-order valence-corrected chi connectivity index (χ0v) is 11.1. The van der Waals surface area contributed by atoms with Crippen molar-refractivity contribution < 1.29 is 13.9 Å². The Kier molecular flexibility index (Phi) is 4.65. The van der Waals surface area contributed by atoms with Gasteiger partial charge in [-0.2, -0.15) is 0 Å². The minimum Gasteiger partial charge on any atom is -0.493 e. The summed E-state index contributed by atoms with van der Waals surface area (Å²) >= 11 is 0. The van der Waals surface area contributed by atoms with E-state index in [0.717, 1.165) is 5.69 Å². The van der Waals surface area contributed by atoms with Crippen molar-refractivity contribution in [2.45, 2.75) is 13.3 Å². The van der Waals surface area contributed by atoms with Gasteiger partial charge in [-0.15, -0.1) is 0 Å². The summed E-state index contributed by atoms with van der Waals surface area (Å²) < 4.78 is 18.0. The van der Waals surface area contributed by atoms with Gasteiger partial charge in [0.2, 0.25) is 5.91 Å². The lowest BCUT2D eigenvalue weighted by Gasteiger charge is -2.07. The van der Waals surface area contributed by atoms with E-state index < -0.39 is 0 Å². The Labute approximate surface area is 116 Å². The van der Waals surface area contributed by atoms with Gasteiger partial charge in [-0.25, -0.2) is 4.39 Å². The number of aromatic nitrogens is 1. The van der Waals surface area contributed by atoms with Gasteiger partial charge < -0.3 is 10.1 Å². The maximum absolute atomic E-state index is 12.7. The Morgan fingerprint density at radius 3 is 2.75 bits per heavy atom. The number of carbonyl (C=O) groups excluding carboxylic acids is 1. The molecule has 4 nitrogen and oxygen atoms in total. The first-order chi connectivity index (χ1) is 9.63. The molecule has 0 saturated heterocycles. The number of carbonyl (C=O) groups is 1. The summed E-state index contributed by atoms with van der Waals surface area (Å²) in [6.45, 7) is 2.09. The largest absolute Gasteiger partial charge is 0.493 e. The van der Waals surface area contributed by atoms with E-state index in [1.165, 1.54) is 24.3 Å². The summed E-state index contributed by atoms with van der Waals surface area (Å²) in [6, 6.07) is 9.20. The molecule has 0 aliphatic heterocycles. The van der Waals surface area contributed by atoms with Gasteiger partial charge in [0.1, 0.15) is 11.6 Å². The van der Waals surface area contributed by atoms with Crippen LogP contribution in [-0.2, 0) is 4.79 Å². The van der Waals surface area contributed by atoms with E-state index in [9.17, 15) is 9.18 Å². The van der Waals surface area contributed by atoms with E-state index in [2.05, 4.69) is 10.3 Å².